The minimum atomic E-state index is -10.7. The predicted molar refractivity (Wildman–Crippen MR) is 134 cm³/mol. The molecule has 0 aliphatic carbocycles. The predicted octanol–water partition coefficient (Wildman–Crippen LogP) is 5.14. The van der Waals surface area contributed by atoms with Crippen molar-refractivity contribution in [2.75, 3.05) is 28.2 Å². The third-order valence-corrected chi connectivity index (χ3v) is 3.70. The van der Waals surface area contributed by atoms with Crippen molar-refractivity contribution in [1.29, 1.82) is 0 Å². The average molecular weight is 615 g/mol. The van der Waals surface area contributed by atoms with Crippen molar-refractivity contribution in [3.8, 4) is 0 Å². The topological polar surface area (TPSA) is 81.7 Å². The molecular formula is C18H22F6FeN8PS2. The molecule has 0 N–H and O–H groups in total. The van der Waals surface area contributed by atoms with Crippen molar-refractivity contribution < 1.29 is 42.3 Å². The minimum Gasteiger partial charge on any atom is 3.00 e. The van der Waals surface area contributed by atoms with Gasteiger partial charge in [-0.3, -0.25) is 9.97 Å². The maximum Gasteiger partial charge on any atom is 3.00 e. The van der Waals surface area contributed by atoms with Gasteiger partial charge in [0.15, 0.2) is 0 Å². The Labute approximate surface area is 226 Å². The van der Waals surface area contributed by atoms with Gasteiger partial charge in [-0.05, 0) is 24.3 Å². The van der Waals surface area contributed by atoms with Crippen molar-refractivity contribution in [1.82, 2.24) is 19.8 Å². The van der Waals surface area contributed by atoms with Crippen LogP contribution in [0.4, 0.5) is 25.2 Å². The van der Waals surface area contributed by atoms with E-state index in [-0.39, 0.29) is 17.1 Å². The molecule has 0 fully saturated rings. The van der Waals surface area contributed by atoms with Crippen LogP contribution in [0.15, 0.2) is 69.2 Å². The van der Waals surface area contributed by atoms with Crippen LogP contribution < -0.4 is 0 Å². The standard InChI is InChI=1S/2C9H12N4S.F6P.Fe/c2*1-13(2)9(14)12-11-7-8-5-3-4-6-10-8;1-7(2,3,4,5)6;/h2*3-7H,1-2H3,(H,12,14);;/q;;-1;+3/p-2/b2*11-7+;;. The Kier molecular flexibility index (Phi) is 14.8. The van der Waals surface area contributed by atoms with Gasteiger partial charge in [0, 0.05) is 50.9 Å². The minimum absolute atomic E-state index is 0. The fourth-order valence-electron chi connectivity index (χ4n) is 1.36. The van der Waals surface area contributed by atoms with E-state index in [4.69, 9.17) is 25.3 Å². The van der Waals surface area contributed by atoms with E-state index >= 15 is 0 Å². The summed E-state index contributed by atoms with van der Waals surface area (Å²) < 4.78 is 59.2. The summed E-state index contributed by atoms with van der Waals surface area (Å²) in [5, 5.41) is 16.1. The van der Waals surface area contributed by atoms with Crippen LogP contribution in [-0.4, -0.2) is 70.7 Å². The Bertz CT molecular complexity index is 942. The van der Waals surface area contributed by atoms with E-state index in [1.54, 1.807) is 34.6 Å². The van der Waals surface area contributed by atoms with E-state index in [0.29, 0.717) is 10.3 Å². The fourth-order valence-corrected chi connectivity index (χ4v) is 1.45. The van der Waals surface area contributed by atoms with Crippen LogP contribution in [0.2, 0.25) is 0 Å². The molecule has 2 heterocycles. The summed E-state index contributed by atoms with van der Waals surface area (Å²) in [4.78, 5) is 11.5. The molecule has 0 aliphatic rings. The van der Waals surface area contributed by atoms with E-state index in [1.807, 2.05) is 64.6 Å². The average Bonchev–Trinajstić information content (AvgIpc) is 2.73. The number of nitrogens with zero attached hydrogens (tertiary/aromatic N) is 8. The molecule has 0 atom stereocenters. The molecule has 0 saturated heterocycles. The van der Waals surface area contributed by atoms with Crippen LogP contribution in [0.25, 0.3) is 0 Å². The molecule has 18 heteroatoms. The number of hydrogen-bond acceptors (Lipinski definition) is 8. The van der Waals surface area contributed by atoms with Gasteiger partial charge in [-0.2, -0.15) is 20.4 Å². The molecule has 2 aromatic rings. The van der Waals surface area contributed by atoms with Gasteiger partial charge in [0.1, 0.15) is 0 Å². The summed E-state index contributed by atoms with van der Waals surface area (Å²) in [5.74, 6) is 0. The van der Waals surface area contributed by atoms with Crippen LogP contribution in [0.3, 0.4) is 0 Å². The van der Waals surface area contributed by atoms with Crippen molar-refractivity contribution in [2.45, 2.75) is 0 Å². The second kappa shape index (κ2) is 15.0. The molecule has 0 unspecified atom stereocenters. The first-order valence-corrected chi connectivity index (χ1v) is 12.0. The molecule has 0 aliphatic heterocycles. The van der Waals surface area contributed by atoms with E-state index in [2.05, 4.69) is 30.4 Å². The van der Waals surface area contributed by atoms with Crippen LogP contribution in [0.5, 0.6) is 0 Å². The number of amidine groups is 2. The molecule has 0 saturated carbocycles. The zero-order chi connectivity index (χ0) is 27.2. The molecule has 0 spiro atoms. The van der Waals surface area contributed by atoms with Crippen molar-refractivity contribution in [3.05, 3.63) is 60.2 Å². The number of aromatic nitrogens is 2. The SMILES string of the molecule is CN(C)/C([S-])=N/N=C/c1ccccn1.CN(C)/C([S-])=N/N=C/c1ccccn1.F[P-](F)(F)(F)(F)F.[Fe+3]. The molecule has 8 nitrogen and oxygen atoms in total. The molecule has 0 bridgehead atoms. The van der Waals surface area contributed by atoms with Gasteiger partial charge in [-0.15, -0.1) is 0 Å². The van der Waals surface area contributed by atoms with Gasteiger partial charge >= 0.3 is 50.1 Å². The molecule has 0 amide bonds. The number of hydrogen-bond donors (Lipinski definition) is 0. The molecular weight excluding hydrogens is 593 g/mol. The first kappa shape index (κ1) is 35.7. The second-order valence-corrected chi connectivity index (χ2v) is 9.16. The van der Waals surface area contributed by atoms with Crippen LogP contribution >= 0.6 is 7.81 Å². The Hall–Kier alpha value is -2.45. The summed E-state index contributed by atoms with van der Waals surface area (Å²) in [6.45, 7) is 0. The second-order valence-electron chi connectivity index (χ2n) is 6.51. The first-order valence-electron chi connectivity index (χ1n) is 9.14. The third kappa shape index (κ3) is 26.2. The van der Waals surface area contributed by atoms with Gasteiger partial charge in [0.05, 0.1) is 23.8 Å². The molecule has 2 aromatic heterocycles. The monoisotopic (exact) mass is 615 g/mol. The summed E-state index contributed by atoms with van der Waals surface area (Å²) in [5.41, 5.74) is 1.52. The Balaban J connectivity index is 0. The van der Waals surface area contributed by atoms with Gasteiger partial charge in [0.25, 0.3) is 0 Å². The Morgan fingerprint density at radius 2 is 1.03 bits per heavy atom. The molecule has 36 heavy (non-hydrogen) atoms. The van der Waals surface area contributed by atoms with Crippen molar-refractivity contribution in [3.63, 3.8) is 0 Å². The zero-order valence-corrected chi connectivity index (χ0v) is 22.9. The fraction of sp³-hybridized carbons (Fsp3) is 0.222. The summed E-state index contributed by atoms with van der Waals surface area (Å²) in [6.07, 6.45) is 6.53. The smallest absolute Gasteiger partial charge is 3.00 e. The van der Waals surface area contributed by atoms with Gasteiger partial charge in [0.2, 0.25) is 0 Å². The molecule has 2 rings (SSSR count). The van der Waals surface area contributed by atoms with Crippen molar-refractivity contribution in [2.24, 2.45) is 20.4 Å². The maximum atomic E-state index is 9.87. The van der Waals surface area contributed by atoms with E-state index in [1.165, 1.54) is 0 Å². The summed E-state index contributed by atoms with van der Waals surface area (Å²) in [6, 6.07) is 11.2. The van der Waals surface area contributed by atoms with E-state index in [0.717, 1.165) is 11.4 Å². The van der Waals surface area contributed by atoms with Gasteiger partial charge in [-0.25, -0.2) is 0 Å². The molecule has 1 radical (unpaired) electrons. The van der Waals surface area contributed by atoms with Gasteiger partial charge in [-0.1, -0.05) is 12.1 Å². The van der Waals surface area contributed by atoms with Crippen molar-refractivity contribution >= 4 is 55.8 Å². The Morgan fingerprint density at radius 3 is 1.25 bits per heavy atom. The first-order chi connectivity index (χ1) is 15.8. The molecule has 0 aromatic carbocycles. The molecule has 201 valence electrons. The van der Waals surface area contributed by atoms with E-state index in [9.17, 15) is 25.2 Å². The largest absolute Gasteiger partial charge is 3.00 e. The normalized spacial score (nSPS) is 13.8. The number of pyridine rings is 2. The third-order valence-electron chi connectivity index (χ3n) is 2.81. The number of halogens is 6. The summed E-state index contributed by atoms with van der Waals surface area (Å²) in [7, 11) is -3.37. The summed E-state index contributed by atoms with van der Waals surface area (Å²) >= 11 is 9.84. The van der Waals surface area contributed by atoms with E-state index < -0.39 is 7.81 Å². The number of rotatable bonds is 4. The zero-order valence-electron chi connectivity index (χ0n) is 19.2. The van der Waals surface area contributed by atoms with Crippen LogP contribution in [-0.2, 0) is 42.3 Å². The van der Waals surface area contributed by atoms with Crippen LogP contribution in [0, 0.1) is 0 Å². The van der Waals surface area contributed by atoms with Gasteiger partial charge < -0.3 is 35.1 Å². The maximum absolute atomic E-state index is 10.7. The Morgan fingerprint density at radius 1 is 0.722 bits per heavy atom. The quantitative estimate of drug-likeness (QED) is 0.0902. The van der Waals surface area contributed by atoms with Crippen LogP contribution in [0.1, 0.15) is 11.4 Å².